The number of nitrogens with one attached hydrogen (secondary N) is 1. The summed E-state index contributed by atoms with van der Waals surface area (Å²) in [6.45, 7) is 6.87. The maximum absolute atomic E-state index is 6.20. The van der Waals surface area contributed by atoms with E-state index in [9.17, 15) is 0 Å². The zero-order chi connectivity index (χ0) is 25.0. The number of pyridine rings is 1. The lowest BCUT2D eigenvalue weighted by Gasteiger charge is -2.22. The van der Waals surface area contributed by atoms with Crippen molar-refractivity contribution in [1.29, 1.82) is 0 Å². The van der Waals surface area contributed by atoms with Gasteiger partial charge in [0.25, 0.3) is 0 Å². The van der Waals surface area contributed by atoms with Crippen LogP contribution in [-0.2, 0) is 6.42 Å². The molecule has 2 heterocycles. The minimum atomic E-state index is -0.207. The van der Waals surface area contributed by atoms with Crippen LogP contribution in [0.5, 0.6) is 23.0 Å². The van der Waals surface area contributed by atoms with Crippen LogP contribution in [0.15, 0.2) is 60.8 Å². The van der Waals surface area contributed by atoms with Crippen LogP contribution in [0.25, 0.3) is 16.9 Å². The van der Waals surface area contributed by atoms with Gasteiger partial charge in [-0.15, -0.1) is 0 Å². The van der Waals surface area contributed by atoms with Crippen molar-refractivity contribution in [3.8, 4) is 34.3 Å². The van der Waals surface area contributed by atoms with Crippen LogP contribution in [0.4, 0.5) is 5.82 Å². The molecule has 0 bridgehead atoms. The molecule has 0 amide bonds. The Bertz CT molecular complexity index is 1270. The summed E-state index contributed by atoms with van der Waals surface area (Å²) >= 11 is 0. The molecule has 0 fully saturated rings. The monoisotopic (exact) mass is 475 g/mol. The minimum absolute atomic E-state index is 0.207. The second-order valence-corrected chi connectivity index (χ2v) is 9.25. The quantitative estimate of drug-likeness (QED) is 0.327. The van der Waals surface area contributed by atoms with Gasteiger partial charge in [0.15, 0.2) is 28.7 Å². The highest BCUT2D eigenvalue weighted by Crippen LogP contribution is 2.43. The first-order valence-corrected chi connectivity index (χ1v) is 11.6. The van der Waals surface area contributed by atoms with Gasteiger partial charge in [-0.2, -0.15) is 0 Å². The summed E-state index contributed by atoms with van der Waals surface area (Å²) in [6.07, 6.45) is 2.80. The number of rotatable bonds is 9. The predicted molar refractivity (Wildman–Crippen MR) is 139 cm³/mol. The first-order valence-electron chi connectivity index (χ1n) is 11.6. The highest BCUT2D eigenvalue weighted by atomic mass is 16.5. The number of methoxy groups -OCH3 is 3. The molecule has 0 aliphatic heterocycles. The van der Waals surface area contributed by atoms with Crippen LogP contribution >= 0.6 is 0 Å². The van der Waals surface area contributed by atoms with E-state index in [1.807, 2.05) is 53.1 Å². The number of nitrogens with zero attached hydrogens (tertiary/aromatic N) is 2. The number of hydrogen-bond donors (Lipinski definition) is 1. The minimum Gasteiger partial charge on any atom is -0.493 e. The van der Waals surface area contributed by atoms with Crippen molar-refractivity contribution >= 4 is 11.5 Å². The van der Waals surface area contributed by atoms with Crippen LogP contribution in [0.1, 0.15) is 26.3 Å². The van der Waals surface area contributed by atoms with Crippen molar-refractivity contribution in [2.45, 2.75) is 32.7 Å². The maximum Gasteiger partial charge on any atom is 0.203 e. The Kier molecular flexibility index (Phi) is 7.05. The van der Waals surface area contributed by atoms with E-state index in [0.29, 0.717) is 23.9 Å². The highest BCUT2D eigenvalue weighted by molar-refractivity contribution is 5.81. The van der Waals surface area contributed by atoms with Crippen molar-refractivity contribution in [3.63, 3.8) is 0 Å². The Hall–Kier alpha value is -3.87. The van der Waals surface area contributed by atoms with Crippen molar-refractivity contribution in [2.24, 2.45) is 0 Å². The predicted octanol–water partition coefficient (Wildman–Crippen LogP) is 5.86. The van der Waals surface area contributed by atoms with Crippen molar-refractivity contribution in [1.82, 2.24) is 9.38 Å². The molecule has 7 heteroatoms. The molecule has 0 radical (unpaired) electrons. The largest absolute Gasteiger partial charge is 0.493 e. The fourth-order valence-electron chi connectivity index (χ4n) is 4.01. The van der Waals surface area contributed by atoms with Crippen molar-refractivity contribution in [2.75, 3.05) is 33.3 Å². The van der Waals surface area contributed by atoms with E-state index in [-0.39, 0.29) is 5.54 Å². The topological polar surface area (TPSA) is 66.2 Å². The van der Waals surface area contributed by atoms with E-state index in [0.717, 1.165) is 34.9 Å². The number of imidazole rings is 1. The molecule has 0 unspecified atom stereocenters. The summed E-state index contributed by atoms with van der Waals surface area (Å²) in [5.41, 5.74) is 3.51. The van der Waals surface area contributed by atoms with Crippen LogP contribution < -0.4 is 24.3 Å². The molecule has 0 aliphatic rings. The molecule has 0 saturated heterocycles. The van der Waals surface area contributed by atoms with E-state index < -0.39 is 0 Å². The lowest BCUT2D eigenvalue weighted by molar-refractivity contribution is 0.324. The second-order valence-electron chi connectivity index (χ2n) is 9.25. The number of hydrogen-bond acceptors (Lipinski definition) is 6. The zero-order valence-electron chi connectivity index (χ0n) is 21.2. The van der Waals surface area contributed by atoms with Gasteiger partial charge >= 0.3 is 0 Å². The Morgan fingerprint density at radius 2 is 1.54 bits per heavy atom. The smallest absolute Gasteiger partial charge is 0.203 e. The molecule has 2 aromatic heterocycles. The molecule has 2 aromatic carbocycles. The van der Waals surface area contributed by atoms with Gasteiger partial charge in [0.2, 0.25) is 5.75 Å². The summed E-state index contributed by atoms with van der Waals surface area (Å²) in [7, 11) is 4.82. The summed E-state index contributed by atoms with van der Waals surface area (Å²) in [4.78, 5) is 4.97. The number of benzene rings is 2. The lowest BCUT2D eigenvalue weighted by Crippen LogP contribution is -2.26. The first-order chi connectivity index (χ1) is 16.8. The van der Waals surface area contributed by atoms with Crippen LogP contribution in [0, 0.1) is 0 Å². The SMILES string of the molecule is COc1cc(-c2c(NC(C)(C)C)nc3c(OCCc4ccccc4)cccn23)cc(OC)c1OC. The van der Waals surface area contributed by atoms with Gasteiger partial charge in [0, 0.05) is 23.7 Å². The fourth-order valence-corrected chi connectivity index (χ4v) is 4.01. The molecular formula is C28H33N3O4. The zero-order valence-corrected chi connectivity index (χ0v) is 21.2. The van der Waals surface area contributed by atoms with Gasteiger partial charge in [-0.3, -0.25) is 4.40 Å². The third kappa shape index (κ3) is 5.29. The number of fused-ring (bicyclic) bond motifs is 1. The molecule has 0 spiro atoms. The van der Waals surface area contributed by atoms with Crippen LogP contribution in [0.3, 0.4) is 0 Å². The molecule has 184 valence electrons. The van der Waals surface area contributed by atoms with E-state index in [2.05, 4.69) is 38.2 Å². The van der Waals surface area contributed by atoms with Gasteiger partial charge in [0.1, 0.15) is 0 Å². The highest BCUT2D eigenvalue weighted by Gasteiger charge is 2.23. The average molecular weight is 476 g/mol. The first kappa shape index (κ1) is 24.3. The standard InChI is InChI=1S/C28H33N3O4/c1-28(2,3)30-26-24(20-17-22(32-4)25(34-6)23(18-20)33-5)31-15-10-13-21(27(31)29-26)35-16-14-19-11-8-7-9-12-19/h7-13,15,17-18,30H,14,16H2,1-6H3. The summed E-state index contributed by atoms with van der Waals surface area (Å²) in [6, 6.07) is 18.1. The normalized spacial score (nSPS) is 11.4. The summed E-state index contributed by atoms with van der Waals surface area (Å²) < 4.78 is 25.0. The molecular weight excluding hydrogens is 442 g/mol. The van der Waals surface area contributed by atoms with Gasteiger partial charge < -0.3 is 24.3 Å². The maximum atomic E-state index is 6.20. The second kappa shape index (κ2) is 10.2. The Labute approximate surface area is 206 Å². The molecule has 1 N–H and O–H groups in total. The molecule has 4 aromatic rings. The van der Waals surface area contributed by atoms with Gasteiger partial charge in [-0.05, 0) is 50.6 Å². The average Bonchev–Trinajstić information content (AvgIpc) is 3.20. The Morgan fingerprint density at radius 1 is 0.857 bits per heavy atom. The Balaban J connectivity index is 1.80. The number of anilines is 1. The van der Waals surface area contributed by atoms with E-state index in [1.165, 1.54) is 5.56 Å². The van der Waals surface area contributed by atoms with Crippen molar-refractivity contribution in [3.05, 3.63) is 66.4 Å². The molecule has 0 saturated carbocycles. The summed E-state index contributed by atoms with van der Waals surface area (Å²) in [5.74, 6) is 3.16. The van der Waals surface area contributed by atoms with Gasteiger partial charge in [0.05, 0.1) is 33.6 Å². The van der Waals surface area contributed by atoms with E-state index in [1.54, 1.807) is 21.3 Å². The molecule has 35 heavy (non-hydrogen) atoms. The third-order valence-electron chi connectivity index (χ3n) is 5.54. The molecule has 4 rings (SSSR count). The van der Waals surface area contributed by atoms with E-state index in [4.69, 9.17) is 23.9 Å². The molecule has 0 aliphatic carbocycles. The lowest BCUT2D eigenvalue weighted by atomic mass is 10.1. The molecule has 0 atom stereocenters. The Morgan fingerprint density at radius 3 is 2.14 bits per heavy atom. The number of aromatic nitrogens is 2. The molecule has 7 nitrogen and oxygen atoms in total. The van der Waals surface area contributed by atoms with Crippen molar-refractivity contribution < 1.29 is 18.9 Å². The van der Waals surface area contributed by atoms with Gasteiger partial charge in [-0.1, -0.05) is 30.3 Å². The summed E-state index contributed by atoms with van der Waals surface area (Å²) in [5, 5.41) is 3.55. The van der Waals surface area contributed by atoms with E-state index >= 15 is 0 Å². The number of ether oxygens (including phenoxy) is 4. The third-order valence-corrected chi connectivity index (χ3v) is 5.54. The van der Waals surface area contributed by atoms with Crippen LogP contribution in [0.2, 0.25) is 0 Å². The van der Waals surface area contributed by atoms with Crippen LogP contribution in [-0.4, -0.2) is 42.9 Å². The fraction of sp³-hybridized carbons (Fsp3) is 0.321. The van der Waals surface area contributed by atoms with Gasteiger partial charge in [-0.25, -0.2) is 4.98 Å².